The molecule has 0 saturated carbocycles. The summed E-state index contributed by atoms with van der Waals surface area (Å²) >= 11 is 0. The number of guanidine groups is 1. The van der Waals surface area contributed by atoms with Crippen molar-refractivity contribution < 1.29 is 13.6 Å². The zero-order valence-corrected chi connectivity index (χ0v) is 15.5. The molecule has 1 aromatic carbocycles. The molecule has 0 saturated heterocycles. The SMILES string of the molecule is CN1C(=O)C(c2ccc(C(F)F)nc2)(c2cccc(-c3cccnc3)c2)N=C1N. The molecule has 1 atom stereocenters. The number of likely N-dealkylation sites (N-methyl/N-ethyl adjacent to an activating group) is 1. The van der Waals surface area contributed by atoms with E-state index in [1.807, 2.05) is 24.3 Å². The predicted octanol–water partition coefficient (Wildman–Crippen LogP) is 3.11. The minimum absolute atomic E-state index is 0.0414. The molecular weight excluding hydrogens is 376 g/mol. The zero-order valence-electron chi connectivity index (χ0n) is 15.5. The quantitative estimate of drug-likeness (QED) is 0.738. The maximum absolute atomic E-state index is 13.2. The molecule has 4 rings (SSSR count). The van der Waals surface area contributed by atoms with Gasteiger partial charge in [-0.05, 0) is 34.9 Å². The Morgan fingerprint density at radius 1 is 1.03 bits per heavy atom. The normalized spacial score (nSPS) is 19.0. The van der Waals surface area contributed by atoms with Crippen molar-refractivity contribution in [3.63, 3.8) is 0 Å². The first-order chi connectivity index (χ1) is 13.9. The number of carbonyl (C=O) groups is 1. The molecule has 3 aromatic rings. The average molecular weight is 393 g/mol. The number of hydrogen-bond donors (Lipinski definition) is 1. The fourth-order valence-electron chi connectivity index (χ4n) is 3.39. The molecule has 3 heterocycles. The first-order valence-electron chi connectivity index (χ1n) is 8.82. The van der Waals surface area contributed by atoms with Crippen molar-refractivity contribution in [1.82, 2.24) is 14.9 Å². The molecule has 0 bridgehead atoms. The van der Waals surface area contributed by atoms with Crippen LogP contribution in [0.2, 0.25) is 0 Å². The Morgan fingerprint density at radius 3 is 2.41 bits per heavy atom. The number of amides is 1. The van der Waals surface area contributed by atoms with Crippen LogP contribution in [0.5, 0.6) is 0 Å². The standard InChI is InChI=1S/C21H17F2N5O/c1-28-19(29)21(27-20(28)24,16-7-8-17(18(22)23)26-12-16)15-6-2-4-13(10-15)14-5-3-9-25-11-14/h2-12,18H,1H3,(H2,24,27). The van der Waals surface area contributed by atoms with Crippen molar-refractivity contribution in [2.75, 3.05) is 7.05 Å². The molecule has 0 aliphatic carbocycles. The third-order valence-electron chi connectivity index (χ3n) is 4.94. The van der Waals surface area contributed by atoms with Gasteiger partial charge >= 0.3 is 0 Å². The molecule has 8 heteroatoms. The third kappa shape index (κ3) is 3.02. The van der Waals surface area contributed by atoms with Crippen LogP contribution in [0.15, 0.2) is 72.1 Å². The van der Waals surface area contributed by atoms with Gasteiger partial charge in [0.2, 0.25) is 0 Å². The van der Waals surface area contributed by atoms with Crippen LogP contribution in [0.4, 0.5) is 8.78 Å². The van der Waals surface area contributed by atoms with E-state index in [0.29, 0.717) is 11.1 Å². The highest BCUT2D eigenvalue weighted by Crippen LogP contribution is 2.40. The summed E-state index contributed by atoms with van der Waals surface area (Å²) in [5, 5.41) is 0. The maximum atomic E-state index is 13.2. The topological polar surface area (TPSA) is 84.5 Å². The second-order valence-corrected chi connectivity index (χ2v) is 6.64. The Bertz CT molecular complexity index is 1090. The van der Waals surface area contributed by atoms with Crippen LogP contribution >= 0.6 is 0 Å². The lowest BCUT2D eigenvalue weighted by Gasteiger charge is -2.26. The Kier molecular flexibility index (Phi) is 4.54. The lowest BCUT2D eigenvalue weighted by Crippen LogP contribution is -2.41. The van der Waals surface area contributed by atoms with Gasteiger partial charge in [0.25, 0.3) is 12.3 Å². The lowest BCUT2D eigenvalue weighted by atomic mass is 9.82. The van der Waals surface area contributed by atoms with Gasteiger partial charge in [0.15, 0.2) is 11.5 Å². The maximum Gasteiger partial charge on any atom is 0.280 e. The van der Waals surface area contributed by atoms with Crippen LogP contribution in [-0.2, 0) is 10.3 Å². The van der Waals surface area contributed by atoms with E-state index in [2.05, 4.69) is 15.0 Å². The number of rotatable bonds is 4. The highest BCUT2D eigenvalue weighted by molar-refractivity contribution is 6.09. The molecule has 1 aliphatic heterocycles. The van der Waals surface area contributed by atoms with E-state index < -0.39 is 12.0 Å². The highest BCUT2D eigenvalue weighted by Gasteiger charge is 2.49. The van der Waals surface area contributed by atoms with Crippen LogP contribution in [-0.4, -0.2) is 33.8 Å². The van der Waals surface area contributed by atoms with Crippen LogP contribution in [0.25, 0.3) is 11.1 Å². The van der Waals surface area contributed by atoms with Crippen molar-refractivity contribution in [2.24, 2.45) is 10.7 Å². The van der Waals surface area contributed by atoms with Crippen LogP contribution in [0, 0.1) is 0 Å². The molecule has 0 fully saturated rings. The summed E-state index contributed by atoms with van der Waals surface area (Å²) in [6.45, 7) is 0. The van der Waals surface area contributed by atoms with Crippen molar-refractivity contribution in [2.45, 2.75) is 12.0 Å². The first-order valence-corrected chi connectivity index (χ1v) is 8.82. The Morgan fingerprint density at radius 2 is 1.83 bits per heavy atom. The van der Waals surface area contributed by atoms with Gasteiger partial charge in [-0.2, -0.15) is 0 Å². The van der Waals surface area contributed by atoms with Crippen molar-refractivity contribution in [1.29, 1.82) is 0 Å². The third-order valence-corrected chi connectivity index (χ3v) is 4.94. The van der Waals surface area contributed by atoms with Crippen molar-refractivity contribution in [3.05, 3.63) is 83.9 Å². The second-order valence-electron chi connectivity index (χ2n) is 6.64. The number of nitrogens with two attached hydrogens (primary N) is 1. The Hall–Kier alpha value is -3.68. The van der Waals surface area contributed by atoms with Crippen LogP contribution in [0.3, 0.4) is 0 Å². The minimum Gasteiger partial charge on any atom is -0.369 e. The van der Waals surface area contributed by atoms with E-state index in [1.165, 1.54) is 30.3 Å². The minimum atomic E-state index is -2.70. The number of aromatic nitrogens is 2. The van der Waals surface area contributed by atoms with Crippen molar-refractivity contribution >= 4 is 11.9 Å². The average Bonchev–Trinajstić information content (AvgIpc) is 2.99. The summed E-state index contributed by atoms with van der Waals surface area (Å²) in [4.78, 5) is 26.9. The van der Waals surface area contributed by atoms with E-state index in [-0.39, 0.29) is 17.6 Å². The van der Waals surface area contributed by atoms with Gasteiger partial charge in [0, 0.05) is 31.2 Å². The lowest BCUT2D eigenvalue weighted by molar-refractivity contribution is -0.129. The highest BCUT2D eigenvalue weighted by atomic mass is 19.3. The number of alkyl halides is 2. The first kappa shape index (κ1) is 18.7. The summed E-state index contributed by atoms with van der Waals surface area (Å²) in [5.41, 5.74) is 6.71. The number of nitrogens with zero attached hydrogens (tertiary/aromatic N) is 4. The summed E-state index contributed by atoms with van der Waals surface area (Å²) in [5.74, 6) is -0.343. The van der Waals surface area contributed by atoms with Gasteiger partial charge in [-0.25, -0.2) is 13.8 Å². The molecule has 146 valence electrons. The molecule has 1 amide bonds. The molecule has 1 aliphatic rings. The number of benzene rings is 1. The van der Waals surface area contributed by atoms with Gasteiger partial charge in [0.1, 0.15) is 5.69 Å². The van der Waals surface area contributed by atoms with Gasteiger partial charge in [-0.3, -0.25) is 19.7 Å². The molecule has 0 spiro atoms. The van der Waals surface area contributed by atoms with E-state index in [4.69, 9.17) is 5.73 Å². The number of halogens is 2. The molecule has 1 unspecified atom stereocenters. The molecule has 6 nitrogen and oxygen atoms in total. The van der Waals surface area contributed by atoms with Gasteiger partial charge in [-0.1, -0.05) is 30.3 Å². The van der Waals surface area contributed by atoms with Gasteiger partial charge < -0.3 is 5.73 Å². The van der Waals surface area contributed by atoms with E-state index >= 15 is 0 Å². The van der Waals surface area contributed by atoms with Crippen LogP contribution in [0.1, 0.15) is 23.2 Å². The van der Waals surface area contributed by atoms with E-state index in [0.717, 1.165) is 11.1 Å². The zero-order chi connectivity index (χ0) is 20.6. The van der Waals surface area contributed by atoms with Gasteiger partial charge in [-0.15, -0.1) is 0 Å². The molecule has 2 N–H and O–H groups in total. The van der Waals surface area contributed by atoms with Crippen LogP contribution < -0.4 is 5.73 Å². The van der Waals surface area contributed by atoms with E-state index in [9.17, 15) is 13.6 Å². The molecule has 29 heavy (non-hydrogen) atoms. The number of pyridine rings is 2. The number of hydrogen-bond acceptors (Lipinski definition) is 5. The summed E-state index contributed by atoms with van der Waals surface area (Å²) in [7, 11) is 1.52. The van der Waals surface area contributed by atoms with Gasteiger partial charge in [0.05, 0.1) is 0 Å². The predicted molar refractivity (Wildman–Crippen MR) is 104 cm³/mol. The summed E-state index contributed by atoms with van der Waals surface area (Å²) < 4.78 is 25.9. The molecular formula is C21H17F2N5O. The smallest absolute Gasteiger partial charge is 0.280 e. The summed E-state index contributed by atoms with van der Waals surface area (Å²) in [6.07, 6.45) is 1.94. The fraction of sp³-hybridized carbons (Fsp3) is 0.143. The number of carbonyl (C=O) groups excluding carboxylic acids is 1. The fourth-order valence-corrected chi connectivity index (χ4v) is 3.39. The summed E-state index contributed by atoms with van der Waals surface area (Å²) in [6, 6.07) is 13.6. The van der Waals surface area contributed by atoms with Crippen molar-refractivity contribution in [3.8, 4) is 11.1 Å². The largest absolute Gasteiger partial charge is 0.369 e. The number of aliphatic imine (C=N–C) groups is 1. The van der Waals surface area contributed by atoms with E-state index in [1.54, 1.807) is 24.5 Å². The molecule has 2 aromatic heterocycles. The monoisotopic (exact) mass is 393 g/mol. The molecule has 0 radical (unpaired) electrons. The Balaban J connectivity index is 1.90. The Labute approximate surface area is 165 Å². The second kappa shape index (κ2) is 7.05.